The zero-order valence-corrected chi connectivity index (χ0v) is 10.1. The largest absolute Gasteiger partial charge is 0.486 e. The van der Waals surface area contributed by atoms with Crippen molar-refractivity contribution in [1.29, 1.82) is 0 Å². The molecule has 0 radical (unpaired) electrons. The number of hydrogen-bond donors (Lipinski definition) is 2. The molecule has 1 aromatic rings. The zero-order chi connectivity index (χ0) is 13.9. The van der Waals surface area contributed by atoms with Crippen LogP contribution in [0, 0.1) is 0 Å². The first-order valence-corrected chi connectivity index (χ1v) is 5.92. The fraction of sp³-hybridized carbons (Fsp3) is 0.500. The number of ether oxygens (including phenoxy) is 2. The topological polar surface area (TPSA) is 55.3 Å². The summed E-state index contributed by atoms with van der Waals surface area (Å²) < 4.78 is 47.3. The van der Waals surface area contributed by atoms with Gasteiger partial charge in [-0.15, -0.1) is 0 Å². The smallest absolute Gasteiger partial charge is 0.419 e. The molecule has 0 aliphatic carbocycles. The van der Waals surface area contributed by atoms with E-state index < -0.39 is 18.8 Å². The Labute approximate surface area is 108 Å². The van der Waals surface area contributed by atoms with Gasteiger partial charge in [0.15, 0.2) is 23.7 Å². The Morgan fingerprint density at radius 3 is 2.68 bits per heavy atom. The highest BCUT2D eigenvalue weighted by atomic mass is 19.4. The van der Waals surface area contributed by atoms with E-state index in [1.165, 1.54) is 5.32 Å². The molecule has 1 aliphatic rings. The molecule has 7 heteroatoms. The van der Waals surface area contributed by atoms with Gasteiger partial charge in [-0.25, -0.2) is 0 Å². The number of aliphatic hydroxyl groups is 1. The van der Waals surface area contributed by atoms with Gasteiger partial charge in [-0.1, -0.05) is 12.1 Å². The van der Waals surface area contributed by atoms with Crippen LogP contribution >= 0.6 is 0 Å². The molecule has 4 nitrogen and oxygen atoms in total. The number of aliphatic hydroxyl groups excluding tert-OH is 1. The van der Waals surface area contributed by atoms with Crippen molar-refractivity contribution >= 4 is 0 Å². The molecule has 1 heterocycles. The third-order valence-corrected chi connectivity index (χ3v) is 2.76. The van der Waals surface area contributed by atoms with Crippen LogP contribution in [0.15, 0.2) is 24.3 Å². The highest BCUT2D eigenvalue weighted by molar-refractivity contribution is 5.40. The number of rotatable bonds is 4. The first-order valence-electron chi connectivity index (χ1n) is 5.92. The first kappa shape index (κ1) is 14.0. The molecule has 19 heavy (non-hydrogen) atoms. The molecule has 0 bridgehead atoms. The Morgan fingerprint density at radius 2 is 2.00 bits per heavy atom. The molecule has 0 saturated carbocycles. The average molecular weight is 278 g/mol. The number of quaternary nitrogens is 1. The Hall–Kier alpha value is -1.47. The summed E-state index contributed by atoms with van der Waals surface area (Å²) in [7, 11) is 0. The van der Waals surface area contributed by atoms with Gasteiger partial charge in [0, 0.05) is 0 Å². The van der Waals surface area contributed by atoms with Gasteiger partial charge in [0.25, 0.3) is 0 Å². The van der Waals surface area contributed by atoms with Crippen molar-refractivity contribution in [1.82, 2.24) is 0 Å². The molecule has 2 rings (SSSR count). The maximum atomic E-state index is 12.1. The van der Waals surface area contributed by atoms with Crippen molar-refractivity contribution < 1.29 is 33.1 Å². The average Bonchev–Trinajstić information content (AvgIpc) is 2.37. The van der Waals surface area contributed by atoms with E-state index in [-0.39, 0.29) is 12.7 Å². The first-order chi connectivity index (χ1) is 8.97. The van der Waals surface area contributed by atoms with Gasteiger partial charge in [-0.05, 0) is 12.1 Å². The van der Waals surface area contributed by atoms with Crippen molar-refractivity contribution in [3.8, 4) is 11.5 Å². The lowest BCUT2D eigenvalue weighted by atomic mass is 10.2. The van der Waals surface area contributed by atoms with Crippen LogP contribution in [0.3, 0.4) is 0 Å². The third-order valence-electron chi connectivity index (χ3n) is 2.76. The van der Waals surface area contributed by atoms with Crippen LogP contribution in [-0.2, 0) is 0 Å². The van der Waals surface area contributed by atoms with Crippen LogP contribution < -0.4 is 14.8 Å². The molecule has 0 unspecified atom stereocenters. The van der Waals surface area contributed by atoms with E-state index in [4.69, 9.17) is 14.6 Å². The number of hydrogen-bond acceptors (Lipinski definition) is 3. The second-order valence-corrected chi connectivity index (χ2v) is 4.32. The highest BCUT2D eigenvalue weighted by Gasteiger charge is 2.39. The molecule has 0 saturated heterocycles. The predicted octanol–water partition coefficient (Wildman–Crippen LogP) is 0.313. The van der Waals surface area contributed by atoms with E-state index >= 15 is 0 Å². The fourth-order valence-electron chi connectivity index (χ4n) is 1.75. The normalized spacial score (nSPS) is 20.1. The van der Waals surface area contributed by atoms with Gasteiger partial charge in [0.2, 0.25) is 0 Å². The van der Waals surface area contributed by atoms with E-state index in [0.717, 1.165) is 0 Å². The molecule has 0 spiro atoms. The van der Waals surface area contributed by atoms with Crippen LogP contribution in [0.25, 0.3) is 0 Å². The van der Waals surface area contributed by atoms with Crippen LogP contribution in [0.5, 0.6) is 11.5 Å². The molecule has 1 aromatic carbocycles. The van der Waals surface area contributed by atoms with Gasteiger partial charge >= 0.3 is 6.18 Å². The van der Waals surface area contributed by atoms with Gasteiger partial charge in [-0.3, -0.25) is 0 Å². The Kier molecular flexibility index (Phi) is 4.16. The number of benzene rings is 1. The lowest BCUT2D eigenvalue weighted by Crippen LogP contribution is -2.89. The number of fused-ring (bicyclic) bond motifs is 1. The minimum Gasteiger partial charge on any atom is -0.486 e. The molecule has 0 aromatic heterocycles. The van der Waals surface area contributed by atoms with Crippen molar-refractivity contribution in [3.63, 3.8) is 0 Å². The number of halogens is 3. The highest BCUT2D eigenvalue weighted by Crippen LogP contribution is 2.30. The maximum absolute atomic E-state index is 12.1. The van der Waals surface area contributed by atoms with Crippen LogP contribution in [-0.4, -0.2) is 43.2 Å². The maximum Gasteiger partial charge on any atom is 0.419 e. The summed E-state index contributed by atoms with van der Waals surface area (Å²) in [4.78, 5) is 0. The Bertz CT molecular complexity index is 425. The van der Waals surface area contributed by atoms with Crippen molar-refractivity contribution in [2.45, 2.75) is 18.4 Å². The van der Waals surface area contributed by atoms with Crippen LogP contribution in [0.4, 0.5) is 13.2 Å². The Balaban J connectivity index is 1.77. The van der Waals surface area contributed by atoms with Gasteiger partial charge in [0.05, 0.1) is 0 Å². The second-order valence-electron chi connectivity index (χ2n) is 4.32. The van der Waals surface area contributed by atoms with Crippen LogP contribution in [0.1, 0.15) is 0 Å². The Morgan fingerprint density at radius 1 is 1.32 bits per heavy atom. The quantitative estimate of drug-likeness (QED) is 0.833. The van der Waals surface area contributed by atoms with E-state index in [2.05, 4.69) is 0 Å². The third kappa shape index (κ3) is 3.74. The summed E-state index contributed by atoms with van der Waals surface area (Å²) in [5.74, 6) is 1.22. The van der Waals surface area contributed by atoms with Crippen molar-refractivity contribution in [2.75, 3.05) is 19.7 Å². The van der Waals surface area contributed by atoms with Gasteiger partial charge in [-0.2, -0.15) is 13.2 Å². The minimum absolute atomic E-state index is 0.287. The summed E-state index contributed by atoms with van der Waals surface area (Å²) in [5, 5.41) is 10.2. The summed E-state index contributed by atoms with van der Waals surface area (Å²) in [5.41, 5.74) is 0. The molecule has 0 fully saturated rings. The molecule has 3 N–H and O–H groups in total. The molecule has 1 aliphatic heterocycles. The van der Waals surface area contributed by atoms with Gasteiger partial charge < -0.3 is 19.9 Å². The monoisotopic (exact) mass is 278 g/mol. The molecular weight excluding hydrogens is 263 g/mol. The van der Waals surface area contributed by atoms with Crippen LogP contribution in [0.2, 0.25) is 0 Å². The second kappa shape index (κ2) is 5.66. The molecule has 106 valence electrons. The number of nitrogens with two attached hydrogens (primary N) is 1. The standard InChI is InChI=1S/C12H14F3NO3/c13-12(14,15)11(17)6-16-5-8-7-18-9-3-1-2-4-10(9)19-8/h1-4,8,11,16-17H,5-7H2/p+1/t8-,11+/m1/s1. The summed E-state index contributed by atoms with van der Waals surface area (Å²) in [6.45, 7) is 0.141. The summed E-state index contributed by atoms with van der Waals surface area (Å²) in [6.07, 6.45) is -7.22. The summed E-state index contributed by atoms with van der Waals surface area (Å²) >= 11 is 0. The van der Waals surface area contributed by atoms with E-state index in [1.807, 2.05) is 6.07 Å². The molecule has 2 atom stereocenters. The van der Waals surface area contributed by atoms with Gasteiger partial charge in [0.1, 0.15) is 19.7 Å². The minimum atomic E-state index is -4.58. The van der Waals surface area contributed by atoms with E-state index in [1.54, 1.807) is 18.2 Å². The number of para-hydroxylation sites is 2. The zero-order valence-electron chi connectivity index (χ0n) is 10.1. The fourth-order valence-corrected chi connectivity index (χ4v) is 1.75. The van der Waals surface area contributed by atoms with E-state index in [9.17, 15) is 13.2 Å². The lowest BCUT2D eigenvalue weighted by Gasteiger charge is -2.25. The molecular formula is C12H15F3NO3+. The van der Waals surface area contributed by atoms with Crippen molar-refractivity contribution in [3.05, 3.63) is 24.3 Å². The molecule has 0 amide bonds. The lowest BCUT2D eigenvalue weighted by molar-refractivity contribution is -0.670. The predicted molar refractivity (Wildman–Crippen MR) is 60.1 cm³/mol. The SMILES string of the molecule is O[C@@H](C[NH2+]C[C@@H]1COc2ccccc2O1)C(F)(F)F. The summed E-state index contributed by atoms with van der Waals surface area (Å²) in [6, 6.07) is 7.12. The number of alkyl halides is 3. The van der Waals surface area contributed by atoms with E-state index in [0.29, 0.717) is 18.0 Å². The van der Waals surface area contributed by atoms with Crippen molar-refractivity contribution in [2.24, 2.45) is 0 Å².